The maximum Gasteiger partial charge on any atom is 0.257 e. The van der Waals surface area contributed by atoms with Crippen LogP contribution in [0.5, 0.6) is 0 Å². The van der Waals surface area contributed by atoms with Crippen LogP contribution in [0.4, 0.5) is 14.5 Å². The molecule has 19 heavy (non-hydrogen) atoms. The van der Waals surface area contributed by atoms with Crippen molar-refractivity contribution in [2.75, 3.05) is 39.1 Å². The second kappa shape index (κ2) is 7.01. The summed E-state index contributed by atoms with van der Waals surface area (Å²) >= 11 is 0. The molecule has 3 N–H and O–H groups in total. The number of hydrogen-bond acceptors (Lipinski definition) is 4. The van der Waals surface area contributed by atoms with E-state index < -0.39 is 28.8 Å². The zero-order chi connectivity index (χ0) is 14.4. The third-order valence-electron chi connectivity index (χ3n) is 2.52. The van der Waals surface area contributed by atoms with Crippen molar-refractivity contribution >= 4 is 11.6 Å². The third-order valence-corrected chi connectivity index (χ3v) is 2.52. The minimum absolute atomic E-state index is 0.00193. The molecule has 1 amide bonds. The van der Waals surface area contributed by atoms with Crippen LogP contribution in [-0.4, -0.2) is 49.3 Å². The molecular weight excluding hydrogens is 258 g/mol. The van der Waals surface area contributed by atoms with Gasteiger partial charge in [-0.25, -0.2) is 8.78 Å². The number of anilines is 1. The number of nitrogens with zero attached hydrogens (tertiary/aromatic N) is 1. The number of rotatable bonds is 6. The van der Waals surface area contributed by atoms with Crippen LogP contribution in [0.15, 0.2) is 12.1 Å². The number of methoxy groups -OCH3 is 1. The zero-order valence-electron chi connectivity index (χ0n) is 10.5. The van der Waals surface area contributed by atoms with Crippen LogP contribution in [0.25, 0.3) is 0 Å². The Morgan fingerprint density at radius 3 is 2.68 bits per heavy atom. The van der Waals surface area contributed by atoms with Crippen LogP contribution < -0.4 is 5.73 Å². The van der Waals surface area contributed by atoms with Gasteiger partial charge in [0.2, 0.25) is 0 Å². The van der Waals surface area contributed by atoms with Crippen molar-refractivity contribution in [2.24, 2.45) is 0 Å². The summed E-state index contributed by atoms with van der Waals surface area (Å²) in [6.07, 6.45) is 0. The largest absolute Gasteiger partial charge is 0.396 e. The first kappa shape index (κ1) is 15.3. The molecular formula is C12H16F2N2O3. The van der Waals surface area contributed by atoms with Crippen LogP contribution in [0.1, 0.15) is 10.4 Å². The normalized spacial score (nSPS) is 10.5. The number of hydrogen-bond donors (Lipinski definition) is 2. The zero-order valence-corrected chi connectivity index (χ0v) is 10.5. The molecule has 0 aliphatic heterocycles. The van der Waals surface area contributed by atoms with Gasteiger partial charge >= 0.3 is 0 Å². The van der Waals surface area contributed by atoms with E-state index in [0.717, 1.165) is 12.1 Å². The topological polar surface area (TPSA) is 75.8 Å². The fourth-order valence-corrected chi connectivity index (χ4v) is 1.57. The smallest absolute Gasteiger partial charge is 0.257 e. The maximum atomic E-state index is 13.7. The third kappa shape index (κ3) is 3.87. The van der Waals surface area contributed by atoms with E-state index in [1.807, 2.05) is 0 Å². The second-order valence-corrected chi connectivity index (χ2v) is 3.87. The van der Waals surface area contributed by atoms with Gasteiger partial charge in [-0.3, -0.25) is 4.79 Å². The van der Waals surface area contributed by atoms with E-state index in [1.54, 1.807) is 0 Å². The van der Waals surface area contributed by atoms with E-state index in [-0.39, 0.29) is 26.3 Å². The lowest BCUT2D eigenvalue weighted by atomic mass is 10.1. The molecule has 1 aromatic carbocycles. The molecule has 0 aromatic heterocycles. The number of carbonyl (C=O) groups excluding carboxylic acids is 1. The summed E-state index contributed by atoms with van der Waals surface area (Å²) in [7, 11) is 1.45. The number of carbonyl (C=O) groups is 1. The van der Waals surface area contributed by atoms with Gasteiger partial charge in [-0.1, -0.05) is 0 Å². The van der Waals surface area contributed by atoms with Gasteiger partial charge < -0.3 is 20.5 Å². The van der Waals surface area contributed by atoms with Gasteiger partial charge in [0.1, 0.15) is 5.82 Å². The Labute approximate surface area is 109 Å². The minimum Gasteiger partial charge on any atom is -0.396 e. The fraction of sp³-hybridized carbons (Fsp3) is 0.417. The summed E-state index contributed by atoms with van der Waals surface area (Å²) in [5.41, 5.74) is 4.39. The highest BCUT2D eigenvalue weighted by atomic mass is 19.1. The predicted octanol–water partition coefficient (Wildman–Crippen LogP) is 0.628. The fourth-order valence-electron chi connectivity index (χ4n) is 1.57. The average molecular weight is 274 g/mol. The highest BCUT2D eigenvalue weighted by molar-refractivity contribution is 5.95. The minimum atomic E-state index is -0.966. The molecule has 5 nitrogen and oxygen atoms in total. The molecule has 1 rings (SSSR count). The highest BCUT2D eigenvalue weighted by Crippen LogP contribution is 2.19. The van der Waals surface area contributed by atoms with Gasteiger partial charge in [-0.15, -0.1) is 0 Å². The molecule has 7 heteroatoms. The molecule has 106 valence electrons. The first-order valence-corrected chi connectivity index (χ1v) is 5.64. The average Bonchev–Trinajstić information content (AvgIpc) is 2.38. The second-order valence-electron chi connectivity index (χ2n) is 3.87. The highest BCUT2D eigenvalue weighted by Gasteiger charge is 2.21. The van der Waals surface area contributed by atoms with E-state index >= 15 is 0 Å². The van der Waals surface area contributed by atoms with Crippen molar-refractivity contribution in [2.45, 2.75) is 0 Å². The first-order chi connectivity index (χ1) is 9.01. The van der Waals surface area contributed by atoms with Gasteiger partial charge in [-0.05, 0) is 12.1 Å². The molecule has 0 aliphatic rings. The van der Waals surface area contributed by atoms with Crippen LogP contribution in [0, 0.1) is 11.6 Å². The Hall–Kier alpha value is -1.73. The maximum absolute atomic E-state index is 13.7. The summed E-state index contributed by atoms with van der Waals surface area (Å²) in [6.45, 7) is 0.0871. The Morgan fingerprint density at radius 2 is 2.11 bits per heavy atom. The molecule has 0 fully saturated rings. The van der Waals surface area contributed by atoms with Crippen LogP contribution in [0.3, 0.4) is 0 Å². The van der Waals surface area contributed by atoms with Gasteiger partial charge in [0.15, 0.2) is 5.82 Å². The summed E-state index contributed by atoms with van der Waals surface area (Å²) in [5.74, 6) is -2.50. The Bertz CT molecular complexity index is 455. The lowest BCUT2D eigenvalue weighted by molar-refractivity contribution is 0.0651. The molecule has 0 radical (unpaired) electrons. The molecule has 0 saturated heterocycles. The summed E-state index contributed by atoms with van der Waals surface area (Å²) in [5, 5.41) is 8.88. The van der Waals surface area contributed by atoms with Crippen molar-refractivity contribution in [3.8, 4) is 0 Å². The van der Waals surface area contributed by atoms with Crippen LogP contribution in [0.2, 0.25) is 0 Å². The van der Waals surface area contributed by atoms with E-state index in [4.69, 9.17) is 15.6 Å². The van der Waals surface area contributed by atoms with Crippen molar-refractivity contribution in [3.05, 3.63) is 29.3 Å². The van der Waals surface area contributed by atoms with Gasteiger partial charge in [-0.2, -0.15) is 0 Å². The molecule has 0 unspecified atom stereocenters. The molecule has 0 atom stereocenters. The number of amides is 1. The number of ether oxygens (including phenoxy) is 1. The quantitative estimate of drug-likeness (QED) is 0.746. The van der Waals surface area contributed by atoms with Crippen LogP contribution >= 0.6 is 0 Å². The number of nitrogen functional groups attached to an aromatic ring is 1. The van der Waals surface area contributed by atoms with Crippen LogP contribution in [-0.2, 0) is 4.74 Å². The number of benzene rings is 1. The predicted molar refractivity (Wildman–Crippen MR) is 65.6 cm³/mol. The SMILES string of the molecule is COCCN(CCO)C(=O)c1cc(F)cc(N)c1F. The Morgan fingerprint density at radius 1 is 1.42 bits per heavy atom. The standard InChI is InChI=1S/C12H16F2N2O3/c1-19-5-3-16(2-4-17)12(18)9-6-8(13)7-10(15)11(9)14/h6-7,17H,2-5,15H2,1H3. The van der Waals surface area contributed by atoms with Crippen molar-refractivity contribution in [3.63, 3.8) is 0 Å². The van der Waals surface area contributed by atoms with E-state index in [9.17, 15) is 13.6 Å². The first-order valence-electron chi connectivity index (χ1n) is 5.64. The van der Waals surface area contributed by atoms with Crippen molar-refractivity contribution in [1.29, 1.82) is 0 Å². The van der Waals surface area contributed by atoms with E-state index in [2.05, 4.69) is 0 Å². The number of aliphatic hydroxyl groups excluding tert-OH is 1. The number of aliphatic hydroxyl groups is 1. The van der Waals surface area contributed by atoms with E-state index in [1.165, 1.54) is 12.0 Å². The van der Waals surface area contributed by atoms with Gasteiger partial charge in [0.05, 0.1) is 24.5 Å². The number of halogens is 2. The van der Waals surface area contributed by atoms with Gasteiger partial charge in [0, 0.05) is 20.2 Å². The van der Waals surface area contributed by atoms with Gasteiger partial charge in [0.25, 0.3) is 5.91 Å². The van der Waals surface area contributed by atoms with E-state index in [0.29, 0.717) is 0 Å². The number of nitrogens with two attached hydrogens (primary N) is 1. The summed E-state index contributed by atoms with van der Waals surface area (Å²) in [6, 6.07) is 1.59. The lowest BCUT2D eigenvalue weighted by Crippen LogP contribution is -2.36. The summed E-state index contributed by atoms with van der Waals surface area (Å²) < 4.78 is 31.7. The molecule has 0 aliphatic carbocycles. The lowest BCUT2D eigenvalue weighted by Gasteiger charge is -2.21. The molecule has 1 aromatic rings. The van der Waals surface area contributed by atoms with Crippen molar-refractivity contribution in [1.82, 2.24) is 4.90 Å². The molecule has 0 saturated carbocycles. The summed E-state index contributed by atoms with van der Waals surface area (Å²) in [4.78, 5) is 13.2. The Balaban J connectivity index is 3.01. The monoisotopic (exact) mass is 274 g/mol. The molecule has 0 spiro atoms. The molecule has 0 bridgehead atoms. The Kier molecular flexibility index (Phi) is 5.65. The molecule has 0 heterocycles. The van der Waals surface area contributed by atoms with Crippen molar-refractivity contribution < 1.29 is 23.4 Å².